The second-order valence-corrected chi connectivity index (χ2v) is 7.03. The summed E-state index contributed by atoms with van der Waals surface area (Å²) < 4.78 is 12.1. The van der Waals surface area contributed by atoms with E-state index in [1.807, 2.05) is 31.2 Å². The van der Waals surface area contributed by atoms with Gasteiger partial charge in [0.05, 0.1) is 6.10 Å². The van der Waals surface area contributed by atoms with E-state index < -0.39 is 0 Å². The molecule has 8 nitrogen and oxygen atoms in total. The molecule has 0 unspecified atom stereocenters. The number of pyridine rings is 1. The van der Waals surface area contributed by atoms with Crippen molar-refractivity contribution in [2.45, 2.75) is 32.4 Å². The molecule has 29 heavy (non-hydrogen) atoms. The Kier molecular flexibility index (Phi) is 5.53. The summed E-state index contributed by atoms with van der Waals surface area (Å²) in [5.41, 5.74) is 1.74. The summed E-state index contributed by atoms with van der Waals surface area (Å²) in [6.07, 6.45) is 3.57. The molecule has 1 saturated heterocycles. The van der Waals surface area contributed by atoms with Gasteiger partial charge in [-0.3, -0.25) is 9.59 Å². The summed E-state index contributed by atoms with van der Waals surface area (Å²) in [5, 5.41) is 6.82. The van der Waals surface area contributed by atoms with Crippen molar-refractivity contribution in [3.8, 4) is 22.8 Å². The van der Waals surface area contributed by atoms with Gasteiger partial charge in [-0.15, -0.1) is 0 Å². The smallest absolute Gasteiger partial charge is 0.263 e. The topological polar surface area (TPSA) is 99.3 Å². The van der Waals surface area contributed by atoms with Gasteiger partial charge in [-0.05, 0) is 37.5 Å². The number of hydrogen-bond donors (Lipinski definition) is 1. The monoisotopic (exact) mass is 394 g/mol. The maximum Gasteiger partial charge on any atom is 0.263 e. The third-order valence-corrected chi connectivity index (χ3v) is 4.93. The molecule has 4 rings (SSSR count). The van der Waals surface area contributed by atoms with E-state index in [-0.39, 0.29) is 35.6 Å². The Morgan fingerprint density at radius 3 is 2.86 bits per heavy atom. The molecule has 1 aliphatic rings. The molecule has 3 heterocycles. The quantitative estimate of drug-likeness (QED) is 0.688. The van der Waals surface area contributed by atoms with Crippen molar-refractivity contribution in [2.75, 3.05) is 13.2 Å². The number of hydrogen-bond acceptors (Lipinski definition) is 6. The molecular formula is C21H22N4O4. The number of aromatic nitrogens is 3. The molecule has 2 aromatic heterocycles. The van der Waals surface area contributed by atoms with Crippen molar-refractivity contribution in [1.29, 1.82) is 0 Å². The Hall–Kier alpha value is -3.26. The molecule has 1 N–H and O–H groups in total. The lowest BCUT2D eigenvalue weighted by atomic mass is 10.1. The fraction of sp³-hybridized carbons (Fsp3) is 0.333. The van der Waals surface area contributed by atoms with E-state index in [1.165, 1.54) is 4.57 Å². The molecule has 0 saturated carbocycles. The minimum absolute atomic E-state index is 0.0558. The van der Waals surface area contributed by atoms with Crippen LogP contribution in [0.15, 0.2) is 51.9 Å². The molecular weight excluding hydrogens is 372 g/mol. The molecule has 150 valence electrons. The molecule has 0 aliphatic carbocycles. The van der Waals surface area contributed by atoms with Crippen LogP contribution in [0.2, 0.25) is 0 Å². The highest BCUT2D eigenvalue weighted by Gasteiger charge is 2.18. The average molecular weight is 394 g/mol. The molecule has 0 radical (unpaired) electrons. The Labute approximate surface area is 167 Å². The maximum absolute atomic E-state index is 12.8. The molecule has 0 spiro atoms. The van der Waals surface area contributed by atoms with Crippen LogP contribution >= 0.6 is 0 Å². The highest BCUT2D eigenvalue weighted by molar-refractivity contribution is 5.75. The number of rotatable bonds is 6. The zero-order valence-corrected chi connectivity index (χ0v) is 16.1. The highest BCUT2D eigenvalue weighted by atomic mass is 16.5. The highest BCUT2D eigenvalue weighted by Crippen LogP contribution is 2.22. The number of nitrogens with one attached hydrogen (secondary N) is 1. The first-order valence-corrected chi connectivity index (χ1v) is 9.59. The van der Waals surface area contributed by atoms with Crippen LogP contribution < -0.4 is 10.9 Å². The summed E-state index contributed by atoms with van der Waals surface area (Å²) in [4.78, 5) is 29.4. The summed E-state index contributed by atoms with van der Waals surface area (Å²) in [6.45, 7) is 3.06. The van der Waals surface area contributed by atoms with Gasteiger partial charge < -0.3 is 19.1 Å². The maximum atomic E-state index is 12.8. The Bertz CT molecular complexity index is 1070. The summed E-state index contributed by atoms with van der Waals surface area (Å²) in [5.74, 6) is 0.301. The van der Waals surface area contributed by atoms with E-state index in [0.717, 1.165) is 30.6 Å². The van der Waals surface area contributed by atoms with Gasteiger partial charge in [0, 0.05) is 24.9 Å². The number of aryl methyl sites for hydroxylation is 1. The van der Waals surface area contributed by atoms with Crippen LogP contribution in [-0.2, 0) is 16.1 Å². The Morgan fingerprint density at radius 1 is 1.24 bits per heavy atom. The molecule has 1 atom stereocenters. The van der Waals surface area contributed by atoms with Crippen LogP contribution in [0.1, 0.15) is 18.4 Å². The minimum atomic E-state index is -0.361. The first-order valence-electron chi connectivity index (χ1n) is 9.59. The molecule has 1 aromatic carbocycles. The van der Waals surface area contributed by atoms with Crippen molar-refractivity contribution < 1.29 is 14.1 Å². The molecule has 1 amide bonds. The predicted molar refractivity (Wildman–Crippen MR) is 106 cm³/mol. The van der Waals surface area contributed by atoms with Crippen LogP contribution in [0.3, 0.4) is 0 Å². The predicted octanol–water partition coefficient (Wildman–Crippen LogP) is 2.17. The van der Waals surface area contributed by atoms with Crippen LogP contribution in [0.5, 0.6) is 0 Å². The van der Waals surface area contributed by atoms with Crippen LogP contribution in [-0.4, -0.2) is 39.9 Å². The first kappa shape index (κ1) is 19.1. The van der Waals surface area contributed by atoms with Crippen molar-refractivity contribution in [3.05, 3.63) is 58.5 Å². The van der Waals surface area contributed by atoms with Gasteiger partial charge in [0.2, 0.25) is 11.7 Å². The fourth-order valence-corrected chi connectivity index (χ4v) is 3.33. The second-order valence-electron chi connectivity index (χ2n) is 7.03. The van der Waals surface area contributed by atoms with Crippen molar-refractivity contribution >= 4 is 5.91 Å². The standard InChI is InChI=1S/C21H22N4O4/c1-14-6-2-3-8-16(14)19-23-20(29-24-19)17-9-4-10-25(21(17)27)13-18(26)22-12-15-7-5-11-28-15/h2-4,6,8-10,15H,5,7,11-13H2,1H3,(H,22,26)/t15-/m1/s1. The number of benzene rings is 1. The zero-order chi connectivity index (χ0) is 20.2. The normalized spacial score (nSPS) is 16.1. The molecule has 1 fully saturated rings. The average Bonchev–Trinajstić information content (AvgIpc) is 3.40. The summed E-state index contributed by atoms with van der Waals surface area (Å²) in [7, 11) is 0. The van der Waals surface area contributed by atoms with E-state index in [1.54, 1.807) is 18.3 Å². The van der Waals surface area contributed by atoms with E-state index in [2.05, 4.69) is 15.5 Å². The molecule has 0 bridgehead atoms. The number of ether oxygens (including phenoxy) is 1. The lowest BCUT2D eigenvalue weighted by Gasteiger charge is -2.11. The second kappa shape index (κ2) is 8.40. The lowest BCUT2D eigenvalue weighted by Crippen LogP contribution is -2.36. The largest absolute Gasteiger partial charge is 0.376 e. The van der Waals surface area contributed by atoms with Gasteiger partial charge in [0.15, 0.2) is 0 Å². The van der Waals surface area contributed by atoms with Crippen molar-refractivity contribution in [1.82, 2.24) is 20.0 Å². The number of amides is 1. The van der Waals surface area contributed by atoms with Crippen LogP contribution in [0, 0.1) is 6.92 Å². The molecule has 8 heteroatoms. The number of carbonyl (C=O) groups excluding carboxylic acids is 1. The van der Waals surface area contributed by atoms with Crippen molar-refractivity contribution in [3.63, 3.8) is 0 Å². The summed E-state index contributed by atoms with van der Waals surface area (Å²) >= 11 is 0. The van der Waals surface area contributed by atoms with E-state index in [0.29, 0.717) is 12.4 Å². The molecule has 1 aliphatic heterocycles. The van der Waals surface area contributed by atoms with Gasteiger partial charge in [-0.1, -0.05) is 29.4 Å². The van der Waals surface area contributed by atoms with E-state index >= 15 is 0 Å². The fourth-order valence-electron chi connectivity index (χ4n) is 3.33. The van der Waals surface area contributed by atoms with Gasteiger partial charge in [-0.2, -0.15) is 4.98 Å². The minimum Gasteiger partial charge on any atom is -0.376 e. The summed E-state index contributed by atoms with van der Waals surface area (Å²) in [6, 6.07) is 11.0. The SMILES string of the molecule is Cc1ccccc1-c1noc(-c2cccn(CC(=O)NC[C@H]3CCCO3)c2=O)n1. The number of nitrogens with zero attached hydrogens (tertiary/aromatic N) is 3. The van der Waals surface area contributed by atoms with Gasteiger partial charge in [0.25, 0.3) is 11.4 Å². The third kappa shape index (κ3) is 4.27. The van der Waals surface area contributed by atoms with Crippen LogP contribution in [0.4, 0.5) is 0 Å². The van der Waals surface area contributed by atoms with E-state index in [4.69, 9.17) is 9.26 Å². The van der Waals surface area contributed by atoms with Gasteiger partial charge in [-0.25, -0.2) is 0 Å². The lowest BCUT2D eigenvalue weighted by molar-refractivity contribution is -0.122. The van der Waals surface area contributed by atoms with E-state index in [9.17, 15) is 9.59 Å². The van der Waals surface area contributed by atoms with Gasteiger partial charge in [0.1, 0.15) is 12.1 Å². The van der Waals surface area contributed by atoms with Crippen LogP contribution in [0.25, 0.3) is 22.8 Å². The Morgan fingerprint density at radius 2 is 2.07 bits per heavy atom. The third-order valence-electron chi connectivity index (χ3n) is 4.93. The van der Waals surface area contributed by atoms with Gasteiger partial charge >= 0.3 is 0 Å². The van der Waals surface area contributed by atoms with Crippen molar-refractivity contribution in [2.24, 2.45) is 0 Å². The molecule has 3 aromatic rings. The first-order chi connectivity index (χ1) is 14.1. The number of carbonyl (C=O) groups is 1. The zero-order valence-electron chi connectivity index (χ0n) is 16.1. The Balaban J connectivity index is 1.50.